The Kier molecular flexibility index (Phi) is 8.20. The van der Waals surface area contributed by atoms with Crippen LogP contribution in [0.4, 0.5) is 0 Å². The molecule has 2 aromatic carbocycles. The summed E-state index contributed by atoms with van der Waals surface area (Å²) in [5, 5.41) is 82.1. The van der Waals surface area contributed by atoms with Gasteiger partial charge in [-0.2, -0.15) is 0 Å². The Morgan fingerprint density at radius 3 is 2.32 bits per heavy atom. The van der Waals surface area contributed by atoms with Gasteiger partial charge in [0.15, 0.2) is 17.3 Å². The molecule has 0 spiro atoms. The van der Waals surface area contributed by atoms with E-state index in [0.29, 0.717) is 5.56 Å². The fraction of sp³-hybridized carbons (Fsp3) is 0.444. The van der Waals surface area contributed by atoms with Gasteiger partial charge in [-0.25, -0.2) is 0 Å². The van der Waals surface area contributed by atoms with Gasteiger partial charge < -0.3 is 64.2 Å². The Labute approximate surface area is 231 Å². The number of phenols is 2. The topological polar surface area (TPSA) is 229 Å². The van der Waals surface area contributed by atoms with E-state index in [4.69, 9.17) is 23.4 Å². The number of fused-ring (bicyclic) bond motifs is 1. The Balaban J connectivity index is 1.69. The van der Waals surface area contributed by atoms with Crippen molar-refractivity contribution in [3.8, 4) is 28.6 Å². The lowest BCUT2D eigenvalue weighted by atomic mass is 9.89. The zero-order valence-electron chi connectivity index (χ0n) is 21.6. The van der Waals surface area contributed by atoms with Crippen LogP contribution in [-0.2, 0) is 14.2 Å². The fourth-order valence-corrected chi connectivity index (χ4v) is 5.05. The largest absolute Gasteiger partial charge is 0.508 e. The van der Waals surface area contributed by atoms with E-state index in [-0.39, 0.29) is 33.8 Å². The van der Waals surface area contributed by atoms with Crippen LogP contribution in [0.3, 0.4) is 0 Å². The van der Waals surface area contributed by atoms with Crippen LogP contribution < -0.4 is 10.2 Å². The van der Waals surface area contributed by atoms with Crippen molar-refractivity contribution >= 4 is 11.0 Å². The number of rotatable bonds is 6. The standard InChI is InChI=1S/C27H30O14/c1-37-16-7-13(31)18-12(30)6-15(10-2-4-11(29)5-3-10)39-24(18)19(16)25-26(22(35)21(34)17(8-28)40-25)41-27-23(36)20(33)14(32)9-38-27/h2-7,14,17,20-23,25-29,31-36H,8-9H2,1H3/t14-,17?,20-,21+,22-,23?,25-,26?,27-/m0/s1. The van der Waals surface area contributed by atoms with Crippen LogP contribution in [-0.4, -0.2) is 110 Å². The van der Waals surface area contributed by atoms with E-state index >= 15 is 0 Å². The normalized spacial score (nSPS) is 32.2. The first-order chi connectivity index (χ1) is 19.5. The summed E-state index contributed by atoms with van der Waals surface area (Å²) in [6.45, 7) is -1.16. The maximum Gasteiger partial charge on any atom is 0.197 e. The van der Waals surface area contributed by atoms with Crippen molar-refractivity contribution in [1.82, 2.24) is 0 Å². The van der Waals surface area contributed by atoms with Crippen molar-refractivity contribution < 1.29 is 64.2 Å². The summed E-state index contributed by atoms with van der Waals surface area (Å²) in [5.41, 5.74) is -0.566. The predicted molar refractivity (Wildman–Crippen MR) is 137 cm³/mol. The van der Waals surface area contributed by atoms with Gasteiger partial charge in [-0.05, 0) is 24.3 Å². The van der Waals surface area contributed by atoms with Crippen LogP contribution in [0.25, 0.3) is 22.3 Å². The van der Waals surface area contributed by atoms with E-state index in [0.717, 1.165) is 12.1 Å². The molecule has 2 saturated heterocycles. The molecule has 0 amide bonds. The minimum atomic E-state index is -1.79. The van der Waals surface area contributed by atoms with E-state index in [1.54, 1.807) is 0 Å². The maximum atomic E-state index is 13.2. The summed E-state index contributed by atoms with van der Waals surface area (Å²) >= 11 is 0. The van der Waals surface area contributed by atoms with Gasteiger partial charge in [-0.15, -0.1) is 0 Å². The number of aromatic hydroxyl groups is 2. The summed E-state index contributed by atoms with van der Waals surface area (Å²) in [6, 6.07) is 7.99. The molecule has 9 atom stereocenters. The average molecular weight is 579 g/mol. The molecule has 3 heterocycles. The van der Waals surface area contributed by atoms with E-state index in [2.05, 4.69) is 0 Å². The molecular formula is C27H30O14. The molecule has 3 unspecified atom stereocenters. The SMILES string of the molecule is COc1cc(O)c2c(=O)cc(-c3ccc(O)cc3)oc2c1[C@@H]1OC(CO)[C@@H](O)[C@H](O)C1O[C@@H]1OC[C@H](O)[C@H](O)C1O. The molecule has 222 valence electrons. The molecule has 8 N–H and O–H groups in total. The molecule has 0 aliphatic carbocycles. The summed E-state index contributed by atoms with van der Waals surface area (Å²) in [4.78, 5) is 13.2. The Bertz CT molecular complexity index is 1440. The molecule has 0 saturated carbocycles. The quantitative estimate of drug-likeness (QED) is 0.173. The van der Waals surface area contributed by atoms with Crippen molar-refractivity contribution in [2.45, 2.75) is 55.1 Å². The highest BCUT2D eigenvalue weighted by Gasteiger charge is 2.50. The average Bonchev–Trinajstić information content (AvgIpc) is 2.95. The fourth-order valence-electron chi connectivity index (χ4n) is 5.05. The summed E-state index contributed by atoms with van der Waals surface area (Å²) < 4.78 is 28.6. The first kappa shape index (κ1) is 29.2. The predicted octanol–water partition coefficient (Wildman–Crippen LogP) is -1.14. The Morgan fingerprint density at radius 1 is 0.951 bits per heavy atom. The number of benzene rings is 2. The van der Waals surface area contributed by atoms with Crippen LogP contribution in [0.2, 0.25) is 0 Å². The number of hydrogen-bond acceptors (Lipinski definition) is 14. The molecule has 41 heavy (non-hydrogen) atoms. The third-order valence-corrected chi connectivity index (χ3v) is 7.25. The minimum Gasteiger partial charge on any atom is -0.508 e. The molecule has 2 aliphatic heterocycles. The summed E-state index contributed by atoms with van der Waals surface area (Å²) in [5.74, 6) is -0.574. The van der Waals surface area contributed by atoms with E-state index < -0.39 is 79.5 Å². The molecule has 3 aromatic rings. The molecule has 14 heteroatoms. The molecule has 14 nitrogen and oxygen atoms in total. The lowest BCUT2D eigenvalue weighted by molar-refractivity contribution is -0.325. The number of hydrogen-bond donors (Lipinski definition) is 8. The minimum absolute atomic E-state index is 0.0279. The molecule has 2 fully saturated rings. The van der Waals surface area contributed by atoms with Gasteiger partial charge >= 0.3 is 0 Å². The molecular weight excluding hydrogens is 548 g/mol. The molecule has 2 aliphatic rings. The van der Waals surface area contributed by atoms with Crippen molar-refractivity contribution in [3.05, 3.63) is 52.2 Å². The van der Waals surface area contributed by atoms with E-state index in [1.165, 1.54) is 31.4 Å². The first-order valence-corrected chi connectivity index (χ1v) is 12.7. The number of phenolic OH excluding ortho intramolecular Hbond substituents is 2. The third kappa shape index (κ3) is 5.25. The van der Waals surface area contributed by atoms with Gasteiger partial charge in [-0.3, -0.25) is 4.79 Å². The van der Waals surface area contributed by atoms with Crippen LogP contribution >= 0.6 is 0 Å². The lowest BCUT2D eigenvalue weighted by Crippen LogP contribution is -2.60. The first-order valence-electron chi connectivity index (χ1n) is 12.7. The molecule has 1 aromatic heterocycles. The second-order valence-electron chi connectivity index (χ2n) is 9.85. The highest BCUT2D eigenvalue weighted by molar-refractivity contribution is 5.89. The number of aliphatic hydroxyl groups is 6. The van der Waals surface area contributed by atoms with Crippen LogP contribution in [0.1, 0.15) is 11.7 Å². The molecule has 5 rings (SSSR count). The third-order valence-electron chi connectivity index (χ3n) is 7.25. The number of ether oxygens (including phenoxy) is 4. The van der Waals surface area contributed by atoms with Gasteiger partial charge in [-0.1, -0.05) is 0 Å². The van der Waals surface area contributed by atoms with Gasteiger partial charge in [0, 0.05) is 17.7 Å². The van der Waals surface area contributed by atoms with Crippen molar-refractivity contribution in [3.63, 3.8) is 0 Å². The van der Waals surface area contributed by atoms with Gasteiger partial charge in [0.2, 0.25) is 0 Å². The summed E-state index contributed by atoms with van der Waals surface area (Å²) in [7, 11) is 1.26. The van der Waals surface area contributed by atoms with E-state index in [9.17, 15) is 45.6 Å². The Hall–Kier alpha value is -3.31. The second kappa shape index (κ2) is 11.5. The van der Waals surface area contributed by atoms with Gasteiger partial charge in [0.25, 0.3) is 0 Å². The number of methoxy groups -OCH3 is 1. The monoisotopic (exact) mass is 578 g/mol. The van der Waals surface area contributed by atoms with Gasteiger partial charge in [0.1, 0.15) is 77.2 Å². The Morgan fingerprint density at radius 2 is 1.66 bits per heavy atom. The smallest absolute Gasteiger partial charge is 0.197 e. The molecule has 0 bridgehead atoms. The molecule has 0 radical (unpaired) electrons. The van der Waals surface area contributed by atoms with Crippen LogP contribution in [0, 0.1) is 0 Å². The highest BCUT2D eigenvalue weighted by Crippen LogP contribution is 2.45. The second-order valence-corrected chi connectivity index (χ2v) is 9.85. The van der Waals surface area contributed by atoms with Crippen molar-refractivity contribution in [2.75, 3.05) is 20.3 Å². The van der Waals surface area contributed by atoms with Gasteiger partial charge in [0.05, 0.1) is 25.9 Å². The van der Waals surface area contributed by atoms with Crippen molar-refractivity contribution in [1.29, 1.82) is 0 Å². The number of aliphatic hydroxyl groups excluding tert-OH is 6. The maximum absolute atomic E-state index is 13.2. The zero-order valence-corrected chi connectivity index (χ0v) is 21.6. The summed E-state index contributed by atoms with van der Waals surface area (Å²) in [6.07, 6.45) is -14.4. The van der Waals surface area contributed by atoms with Crippen LogP contribution in [0.15, 0.2) is 45.6 Å². The van der Waals surface area contributed by atoms with E-state index in [1.807, 2.05) is 0 Å². The van der Waals surface area contributed by atoms with Crippen molar-refractivity contribution in [2.24, 2.45) is 0 Å². The highest BCUT2D eigenvalue weighted by atomic mass is 16.7. The lowest BCUT2D eigenvalue weighted by Gasteiger charge is -2.45. The zero-order chi connectivity index (χ0) is 29.6. The van der Waals surface area contributed by atoms with Crippen LogP contribution in [0.5, 0.6) is 17.2 Å².